The van der Waals surface area contributed by atoms with E-state index in [9.17, 15) is 4.79 Å². The molecule has 0 bridgehead atoms. The molecule has 0 aromatic carbocycles. The summed E-state index contributed by atoms with van der Waals surface area (Å²) in [5.41, 5.74) is 0. The first-order chi connectivity index (χ1) is 5.09. The lowest BCUT2D eigenvalue weighted by atomic mass is 9.93. The summed E-state index contributed by atoms with van der Waals surface area (Å²) >= 11 is 0. The Kier molecular flexibility index (Phi) is 4.59. The summed E-state index contributed by atoms with van der Waals surface area (Å²) in [6.45, 7) is 5.77. The van der Waals surface area contributed by atoms with Gasteiger partial charge in [-0.25, -0.2) is 0 Å². The zero-order chi connectivity index (χ0) is 8.85. The van der Waals surface area contributed by atoms with Crippen molar-refractivity contribution in [2.45, 2.75) is 27.2 Å². The van der Waals surface area contributed by atoms with Crippen LogP contribution in [0.1, 0.15) is 27.2 Å². The maximum atomic E-state index is 10.6. The molecule has 0 radical (unpaired) electrons. The van der Waals surface area contributed by atoms with Crippen LogP contribution in [0.25, 0.3) is 0 Å². The van der Waals surface area contributed by atoms with Crippen LogP contribution in [0.2, 0.25) is 0 Å². The van der Waals surface area contributed by atoms with Gasteiger partial charge in [-0.1, -0.05) is 26.0 Å². The van der Waals surface area contributed by atoms with Gasteiger partial charge in [0.05, 0.1) is 5.92 Å². The minimum Gasteiger partial charge on any atom is -0.481 e. The summed E-state index contributed by atoms with van der Waals surface area (Å²) in [5.74, 6) is -0.715. The van der Waals surface area contributed by atoms with Gasteiger partial charge in [-0.15, -0.1) is 0 Å². The number of allylic oxidation sites excluding steroid dienone is 2. The third kappa shape index (κ3) is 3.81. The average Bonchev–Trinajstić information content (AvgIpc) is 1.87. The van der Waals surface area contributed by atoms with Crippen molar-refractivity contribution in [2.75, 3.05) is 0 Å². The van der Waals surface area contributed by atoms with E-state index in [1.54, 1.807) is 0 Å². The van der Waals surface area contributed by atoms with Gasteiger partial charge in [-0.05, 0) is 19.3 Å². The molecule has 0 spiro atoms. The lowest BCUT2D eigenvalue weighted by Crippen LogP contribution is -2.18. The molecule has 0 rings (SSSR count). The highest BCUT2D eigenvalue weighted by Crippen LogP contribution is 2.15. The smallest absolute Gasteiger partial charge is 0.307 e. The number of hydrogen-bond acceptors (Lipinski definition) is 1. The third-order valence-corrected chi connectivity index (χ3v) is 1.75. The topological polar surface area (TPSA) is 37.3 Å². The molecule has 2 nitrogen and oxygen atoms in total. The monoisotopic (exact) mass is 156 g/mol. The molecule has 0 saturated carbocycles. The fourth-order valence-corrected chi connectivity index (χ4v) is 0.941. The Bertz CT molecular complexity index is 148. The van der Waals surface area contributed by atoms with E-state index in [0.29, 0.717) is 6.42 Å². The summed E-state index contributed by atoms with van der Waals surface area (Å²) in [4.78, 5) is 10.6. The van der Waals surface area contributed by atoms with Gasteiger partial charge in [0, 0.05) is 0 Å². The van der Waals surface area contributed by atoms with Crippen LogP contribution in [0, 0.1) is 11.8 Å². The standard InChI is InChI=1S/C9H16O2/c1-4-5-6-8(7(2)3)9(10)11/h4-5,7-8H,6H2,1-3H3,(H,10,11)/b5-4+/t8-/m0/s1. The fourth-order valence-electron chi connectivity index (χ4n) is 0.941. The molecule has 0 aromatic heterocycles. The number of aliphatic carboxylic acids is 1. The molecule has 0 amide bonds. The van der Waals surface area contributed by atoms with Gasteiger partial charge in [-0.3, -0.25) is 4.79 Å². The van der Waals surface area contributed by atoms with Gasteiger partial charge in [-0.2, -0.15) is 0 Å². The molecule has 0 fully saturated rings. The predicted molar refractivity (Wildman–Crippen MR) is 45.4 cm³/mol. The Morgan fingerprint density at radius 3 is 2.36 bits per heavy atom. The minimum atomic E-state index is -0.696. The molecule has 64 valence electrons. The van der Waals surface area contributed by atoms with Crippen LogP contribution in [0.5, 0.6) is 0 Å². The lowest BCUT2D eigenvalue weighted by Gasteiger charge is -2.12. The van der Waals surface area contributed by atoms with Crippen molar-refractivity contribution in [3.63, 3.8) is 0 Å². The van der Waals surface area contributed by atoms with Crippen molar-refractivity contribution in [1.29, 1.82) is 0 Å². The molecule has 2 heteroatoms. The van der Waals surface area contributed by atoms with Crippen LogP contribution in [0.15, 0.2) is 12.2 Å². The highest BCUT2D eigenvalue weighted by atomic mass is 16.4. The third-order valence-electron chi connectivity index (χ3n) is 1.75. The second-order valence-electron chi connectivity index (χ2n) is 2.99. The van der Waals surface area contributed by atoms with E-state index in [1.165, 1.54) is 0 Å². The summed E-state index contributed by atoms with van der Waals surface area (Å²) in [6.07, 6.45) is 4.43. The highest BCUT2D eigenvalue weighted by molar-refractivity contribution is 5.70. The van der Waals surface area contributed by atoms with E-state index in [0.717, 1.165) is 0 Å². The molecule has 0 saturated heterocycles. The summed E-state index contributed by atoms with van der Waals surface area (Å²) in [7, 11) is 0. The molecule has 0 aliphatic carbocycles. The quantitative estimate of drug-likeness (QED) is 0.634. The van der Waals surface area contributed by atoms with Crippen molar-refractivity contribution in [1.82, 2.24) is 0 Å². The number of carboxylic acids is 1. The number of hydrogen-bond donors (Lipinski definition) is 1. The van der Waals surface area contributed by atoms with Crippen LogP contribution in [0.3, 0.4) is 0 Å². The van der Waals surface area contributed by atoms with Crippen molar-refractivity contribution < 1.29 is 9.90 Å². The van der Waals surface area contributed by atoms with Crippen LogP contribution in [0.4, 0.5) is 0 Å². The summed E-state index contributed by atoms with van der Waals surface area (Å²) in [5, 5.41) is 8.74. The van der Waals surface area contributed by atoms with E-state index < -0.39 is 5.97 Å². The van der Waals surface area contributed by atoms with Crippen molar-refractivity contribution in [3.05, 3.63) is 12.2 Å². The molecule has 0 heterocycles. The van der Waals surface area contributed by atoms with Crippen LogP contribution in [-0.4, -0.2) is 11.1 Å². The normalized spacial score (nSPS) is 14.2. The molecule has 11 heavy (non-hydrogen) atoms. The molecule has 1 N–H and O–H groups in total. The second kappa shape index (κ2) is 4.94. The van der Waals surface area contributed by atoms with Crippen LogP contribution >= 0.6 is 0 Å². The second-order valence-corrected chi connectivity index (χ2v) is 2.99. The molecule has 0 aliphatic rings. The van der Waals surface area contributed by atoms with E-state index in [1.807, 2.05) is 32.9 Å². The van der Waals surface area contributed by atoms with E-state index in [2.05, 4.69) is 0 Å². The molecule has 0 aliphatic heterocycles. The van der Waals surface area contributed by atoms with Crippen molar-refractivity contribution >= 4 is 5.97 Å². The Morgan fingerprint density at radius 1 is 1.55 bits per heavy atom. The Hall–Kier alpha value is -0.790. The Balaban J connectivity index is 4.00. The summed E-state index contributed by atoms with van der Waals surface area (Å²) in [6, 6.07) is 0. The molecular formula is C9H16O2. The predicted octanol–water partition coefficient (Wildman–Crippen LogP) is 2.31. The lowest BCUT2D eigenvalue weighted by molar-refractivity contribution is -0.143. The van der Waals surface area contributed by atoms with Crippen molar-refractivity contribution in [3.8, 4) is 0 Å². The highest BCUT2D eigenvalue weighted by Gasteiger charge is 2.18. The minimum absolute atomic E-state index is 0.212. The first-order valence-electron chi connectivity index (χ1n) is 3.93. The molecule has 0 unspecified atom stereocenters. The van der Waals surface area contributed by atoms with E-state index in [4.69, 9.17) is 5.11 Å². The largest absolute Gasteiger partial charge is 0.481 e. The zero-order valence-corrected chi connectivity index (χ0v) is 7.37. The van der Waals surface area contributed by atoms with E-state index >= 15 is 0 Å². The average molecular weight is 156 g/mol. The summed E-state index contributed by atoms with van der Waals surface area (Å²) < 4.78 is 0. The number of carboxylic acid groups (broad SMARTS) is 1. The van der Waals surface area contributed by atoms with Crippen LogP contribution < -0.4 is 0 Å². The van der Waals surface area contributed by atoms with Gasteiger partial charge in [0.15, 0.2) is 0 Å². The zero-order valence-electron chi connectivity index (χ0n) is 7.37. The molecule has 1 atom stereocenters. The number of carbonyl (C=O) groups is 1. The van der Waals surface area contributed by atoms with E-state index in [-0.39, 0.29) is 11.8 Å². The van der Waals surface area contributed by atoms with Gasteiger partial charge in [0.2, 0.25) is 0 Å². The molecular weight excluding hydrogens is 140 g/mol. The van der Waals surface area contributed by atoms with Crippen molar-refractivity contribution in [2.24, 2.45) is 11.8 Å². The van der Waals surface area contributed by atoms with Crippen LogP contribution in [-0.2, 0) is 4.79 Å². The maximum Gasteiger partial charge on any atom is 0.307 e. The fraction of sp³-hybridized carbons (Fsp3) is 0.667. The first kappa shape index (κ1) is 10.2. The Morgan fingerprint density at radius 2 is 2.09 bits per heavy atom. The first-order valence-corrected chi connectivity index (χ1v) is 3.93. The SMILES string of the molecule is C/C=C/C[C@H](C(=O)O)C(C)C. The molecule has 0 aromatic rings. The van der Waals surface area contributed by atoms with Gasteiger partial charge >= 0.3 is 5.97 Å². The van der Waals surface area contributed by atoms with Gasteiger partial charge < -0.3 is 5.11 Å². The number of rotatable bonds is 4. The van der Waals surface area contributed by atoms with Gasteiger partial charge in [0.1, 0.15) is 0 Å². The Labute approximate surface area is 67.9 Å². The maximum absolute atomic E-state index is 10.6. The van der Waals surface area contributed by atoms with Gasteiger partial charge in [0.25, 0.3) is 0 Å².